The van der Waals surface area contributed by atoms with Crippen LogP contribution in [0.4, 0.5) is 18.9 Å². The first-order valence-corrected chi connectivity index (χ1v) is 6.44. The van der Waals surface area contributed by atoms with Crippen LogP contribution in [-0.4, -0.2) is 13.5 Å². The van der Waals surface area contributed by atoms with Gasteiger partial charge in [-0.15, -0.1) is 13.2 Å². The zero-order valence-corrected chi connectivity index (χ0v) is 11.8. The summed E-state index contributed by atoms with van der Waals surface area (Å²) in [6, 6.07) is 13.4. The third-order valence-electron chi connectivity index (χ3n) is 2.78. The van der Waals surface area contributed by atoms with Gasteiger partial charge in [-0.05, 0) is 18.2 Å². The van der Waals surface area contributed by atoms with Crippen LogP contribution in [0.5, 0.6) is 11.5 Å². The number of benzene rings is 2. The molecule has 22 heavy (non-hydrogen) atoms. The largest absolute Gasteiger partial charge is 0.573 e. The SMILES string of the molecule is COc1cc(OC(F)(F)F)ccc1CNNc1ccccc1. The maximum atomic E-state index is 12.2. The topological polar surface area (TPSA) is 42.5 Å². The molecule has 0 unspecified atom stereocenters. The number of nitrogens with one attached hydrogen (secondary N) is 2. The van der Waals surface area contributed by atoms with Gasteiger partial charge in [0.25, 0.3) is 0 Å². The van der Waals surface area contributed by atoms with Gasteiger partial charge in [-0.25, -0.2) is 5.43 Å². The summed E-state index contributed by atoms with van der Waals surface area (Å²) in [4.78, 5) is 0. The van der Waals surface area contributed by atoms with E-state index in [2.05, 4.69) is 15.6 Å². The number of methoxy groups -OCH3 is 1. The molecule has 0 saturated carbocycles. The van der Waals surface area contributed by atoms with Gasteiger partial charge in [0.05, 0.1) is 7.11 Å². The monoisotopic (exact) mass is 312 g/mol. The van der Waals surface area contributed by atoms with Gasteiger partial charge in [0.15, 0.2) is 0 Å². The average molecular weight is 312 g/mol. The average Bonchev–Trinajstić information content (AvgIpc) is 2.48. The van der Waals surface area contributed by atoms with Crippen molar-refractivity contribution in [3.8, 4) is 11.5 Å². The molecule has 2 aromatic rings. The summed E-state index contributed by atoms with van der Waals surface area (Å²) >= 11 is 0. The molecule has 0 aliphatic carbocycles. The van der Waals surface area contributed by atoms with Crippen molar-refractivity contribution in [3.63, 3.8) is 0 Å². The Morgan fingerprint density at radius 2 is 1.77 bits per heavy atom. The molecule has 0 aliphatic heterocycles. The quantitative estimate of drug-likeness (QED) is 0.798. The number of anilines is 1. The molecule has 0 aliphatic rings. The van der Waals surface area contributed by atoms with E-state index in [0.29, 0.717) is 17.9 Å². The van der Waals surface area contributed by atoms with Crippen LogP contribution in [0.3, 0.4) is 0 Å². The number of rotatable bonds is 6. The Balaban J connectivity index is 1.98. The van der Waals surface area contributed by atoms with E-state index in [0.717, 1.165) is 5.69 Å². The second-order valence-electron chi connectivity index (χ2n) is 4.37. The molecule has 7 heteroatoms. The maximum Gasteiger partial charge on any atom is 0.573 e. The van der Waals surface area contributed by atoms with Gasteiger partial charge in [0, 0.05) is 23.9 Å². The van der Waals surface area contributed by atoms with Crippen molar-refractivity contribution in [2.24, 2.45) is 0 Å². The van der Waals surface area contributed by atoms with Gasteiger partial charge < -0.3 is 14.9 Å². The summed E-state index contributed by atoms with van der Waals surface area (Å²) in [5, 5.41) is 0. The Kier molecular flexibility index (Phi) is 5.11. The van der Waals surface area contributed by atoms with E-state index in [-0.39, 0.29) is 5.75 Å². The number of halogens is 3. The molecule has 4 nitrogen and oxygen atoms in total. The van der Waals surface area contributed by atoms with Crippen LogP contribution in [0.2, 0.25) is 0 Å². The second kappa shape index (κ2) is 7.04. The summed E-state index contributed by atoms with van der Waals surface area (Å²) in [6.07, 6.45) is -4.72. The molecule has 0 radical (unpaired) electrons. The highest BCUT2D eigenvalue weighted by atomic mass is 19.4. The molecular formula is C15H15F3N2O2. The molecule has 0 spiro atoms. The fraction of sp³-hybridized carbons (Fsp3) is 0.200. The molecule has 0 fully saturated rings. The first-order valence-electron chi connectivity index (χ1n) is 6.44. The lowest BCUT2D eigenvalue weighted by Gasteiger charge is -2.14. The zero-order chi connectivity index (χ0) is 16.0. The Morgan fingerprint density at radius 3 is 2.41 bits per heavy atom. The lowest BCUT2D eigenvalue weighted by Crippen LogP contribution is -2.21. The Hall–Kier alpha value is -2.41. The molecule has 0 aromatic heterocycles. The smallest absolute Gasteiger partial charge is 0.496 e. The van der Waals surface area contributed by atoms with Crippen LogP contribution >= 0.6 is 0 Å². The van der Waals surface area contributed by atoms with Crippen LogP contribution in [0, 0.1) is 0 Å². The van der Waals surface area contributed by atoms with Crippen molar-refractivity contribution in [3.05, 3.63) is 54.1 Å². The van der Waals surface area contributed by atoms with Crippen molar-refractivity contribution in [2.45, 2.75) is 12.9 Å². The van der Waals surface area contributed by atoms with E-state index in [9.17, 15) is 13.2 Å². The number of alkyl halides is 3. The van der Waals surface area contributed by atoms with Crippen molar-refractivity contribution >= 4 is 5.69 Å². The maximum absolute atomic E-state index is 12.2. The van der Waals surface area contributed by atoms with Crippen molar-refractivity contribution in [2.75, 3.05) is 12.5 Å². The van der Waals surface area contributed by atoms with Crippen LogP contribution in [-0.2, 0) is 6.54 Å². The zero-order valence-electron chi connectivity index (χ0n) is 11.8. The fourth-order valence-electron chi connectivity index (χ4n) is 1.83. The van der Waals surface area contributed by atoms with Gasteiger partial charge in [0.1, 0.15) is 11.5 Å². The highest BCUT2D eigenvalue weighted by molar-refractivity contribution is 5.43. The Morgan fingerprint density at radius 1 is 1.05 bits per heavy atom. The van der Waals surface area contributed by atoms with Gasteiger partial charge in [0.2, 0.25) is 0 Å². The van der Waals surface area contributed by atoms with E-state index in [1.54, 1.807) is 0 Å². The third-order valence-corrected chi connectivity index (χ3v) is 2.78. The minimum Gasteiger partial charge on any atom is -0.496 e. The summed E-state index contributed by atoms with van der Waals surface area (Å²) in [5.74, 6) is -0.00627. The van der Waals surface area contributed by atoms with E-state index >= 15 is 0 Å². The standard InChI is InChI=1S/C15H15F3N2O2/c1-21-14-9-13(22-15(16,17)18)8-7-11(14)10-19-20-12-5-3-2-4-6-12/h2-9,19-20H,10H2,1H3. The lowest BCUT2D eigenvalue weighted by atomic mass is 10.2. The fourth-order valence-corrected chi connectivity index (χ4v) is 1.83. The van der Waals surface area contributed by atoms with E-state index in [1.807, 2.05) is 30.3 Å². The van der Waals surface area contributed by atoms with Crippen LogP contribution in [0.15, 0.2) is 48.5 Å². The van der Waals surface area contributed by atoms with Crippen LogP contribution in [0.1, 0.15) is 5.56 Å². The third kappa shape index (κ3) is 4.85. The van der Waals surface area contributed by atoms with Crippen LogP contribution < -0.4 is 20.3 Å². The molecule has 118 valence electrons. The lowest BCUT2D eigenvalue weighted by molar-refractivity contribution is -0.274. The Bertz CT molecular complexity index is 603. The molecule has 2 aromatic carbocycles. The summed E-state index contributed by atoms with van der Waals surface area (Å²) in [7, 11) is 1.39. The summed E-state index contributed by atoms with van der Waals surface area (Å²) in [5.41, 5.74) is 7.52. The van der Waals surface area contributed by atoms with Crippen LogP contribution in [0.25, 0.3) is 0 Å². The predicted octanol–water partition coefficient (Wildman–Crippen LogP) is 3.71. The Labute approximate surface area is 125 Å². The highest BCUT2D eigenvalue weighted by Crippen LogP contribution is 2.28. The highest BCUT2D eigenvalue weighted by Gasteiger charge is 2.31. The first-order chi connectivity index (χ1) is 10.5. The van der Waals surface area contributed by atoms with Gasteiger partial charge in [-0.1, -0.05) is 24.3 Å². The number of hydrogen-bond donors (Lipinski definition) is 2. The number of para-hydroxylation sites is 1. The number of hydrogen-bond acceptors (Lipinski definition) is 4. The minimum absolute atomic E-state index is 0.309. The molecule has 0 amide bonds. The van der Waals surface area contributed by atoms with Crippen molar-refractivity contribution in [1.82, 2.24) is 5.43 Å². The van der Waals surface area contributed by atoms with E-state index in [4.69, 9.17) is 4.74 Å². The van der Waals surface area contributed by atoms with Gasteiger partial charge in [-0.3, -0.25) is 0 Å². The summed E-state index contributed by atoms with van der Waals surface area (Å²) < 4.78 is 45.5. The van der Waals surface area contributed by atoms with E-state index in [1.165, 1.54) is 25.3 Å². The minimum atomic E-state index is -4.72. The normalized spacial score (nSPS) is 11.1. The molecule has 2 rings (SSSR count). The molecule has 0 heterocycles. The second-order valence-corrected chi connectivity index (χ2v) is 4.37. The van der Waals surface area contributed by atoms with Crippen molar-refractivity contribution in [1.29, 1.82) is 0 Å². The van der Waals surface area contributed by atoms with Crippen molar-refractivity contribution < 1.29 is 22.6 Å². The van der Waals surface area contributed by atoms with Gasteiger partial charge >= 0.3 is 6.36 Å². The van der Waals surface area contributed by atoms with Gasteiger partial charge in [-0.2, -0.15) is 0 Å². The summed E-state index contributed by atoms with van der Waals surface area (Å²) in [6.45, 7) is 0.365. The predicted molar refractivity (Wildman–Crippen MR) is 76.6 cm³/mol. The molecule has 0 atom stereocenters. The number of ether oxygens (including phenoxy) is 2. The first kappa shape index (κ1) is 16.0. The molecule has 0 bridgehead atoms. The number of hydrazine groups is 1. The molecule has 0 saturated heterocycles. The van der Waals surface area contributed by atoms with E-state index < -0.39 is 6.36 Å². The molecule has 2 N–H and O–H groups in total. The molecular weight excluding hydrogens is 297 g/mol.